The number of ether oxygens (including phenoxy) is 1. The number of hydrazone groups is 1. The van der Waals surface area contributed by atoms with Crippen LogP contribution in [0.5, 0.6) is 11.5 Å². The lowest BCUT2D eigenvalue weighted by Gasteiger charge is -2.10. The zero-order valence-electron chi connectivity index (χ0n) is 18.2. The van der Waals surface area contributed by atoms with Gasteiger partial charge in [0.1, 0.15) is 0 Å². The number of hydrogen-bond donors (Lipinski definition) is 4. The molecule has 4 aromatic rings. The molecule has 0 fully saturated rings. The largest absolute Gasteiger partial charge is 0.503 e. The fourth-order valence-corrected chi connectivity index (χ4v) is 3.40. The normalized spacial score (nSPS) is 10.8. The van der Waals surface area contributed by atoms with Crippen molar-refractivity contribution in [3.05, 3.63) is 82.8 Å². The topological polar surface area (TPSA) is 117 Å². The van der Waals surface area contributed by atoms with Crippen LogP contribution in [0.25, 0.3) is 0 Å². The van der Waals surface area contributed by atoms with Gasteiger partial charge in [0.25, 0.3) is 0 Å². The predicted octanol–water partition coefficient (Wildman–Crippen LogP) is 5.67. The highest BCUT2D eigenvalue weighted by Crippen LogP contribution is 2.35. The van der Waals surface area contributed by atoms with Crippen LogP contribution in [0.4, 0.5) is 29.2 Å². The van der Waals surface area contributed by atoms with E-state index in [-0.39, 0.29) is 11.7 Å². The molecule has 4 N–H and O–H groups in total. The fourth-order valence-electron chi connectivity index (χ4n) is 2.94. The van der Waals surface area contributed by atoms with Crippen LogP contribution in [0.2, 0.25) is 0 Å². The molecule has 1 aromatic heterocycles. The van der Waals surface area contributed by atoms with Crippen molar-refractivity contribution >= 4 is 51.4 Å². The van der Waals surface area contributed by atoms with Gasteiger partial charge in [-0.1, -0.05) is 36.4 Å². The minimum absolute atomic E-state index is 0.0395. The zero-order chi connectivity index (χ0) is 23.8. The first kappa shape index (κ1) is 23.0. The molecule has 0 amide bonds. The highest BCUT2D eigenvalue weighted by atomic mass is 79.9. The van der Waals surface area contributed by atoms with Gasteiger partial charge < -0.3 is 20.5 Å². The lowest BCUT2D eigenvalue weighted by Crippen LogP contribution is -2.07. The second-order valence-electron chi connectivity index (χ2n) is 6.94. The van der Waals surface area contributed by atoms with Crippen molar-refractivity contribution < 1.29 is 9.84 Å². The molecule has 0 aliphatic rings. The maximum atomic E-state index is 10.1. The number of aromatic hydroxyl groups is 1. The first-order valence-electron chi connectivity index (χ1n) is 10.5. The van der Waals surface area contributed by atoms with E-state index in [1.165, 1.54) is 0 Å². The van der Waals surface area contributed by atoms with Gasteiger partial charge in [0.15, 0.2) is 11.5 Å². The smallest absolute Gasteiger partial charge is 0.250 e. The molecule has 4 rings (SSSR count). The summed E-state index contributed by atoms with van der Waals surface area (Å²) in [6.45, 7) is 2.27. The van der Waals surface area contributed by atoms with Crippen LogP contribution in [-0.4, -0.2) is 32.9 Å². The zero-order valence-corrected chi connectivity index (χ0v) is 19.8. The first-order valence-corrected chi connectivity index (χ1v) is 11.2. The molecular formula is C24H22BrN7O2. The third kappa shape index (κ3) is 6.20. The van der Waals surface area contributed by atoms with E-state index in [2.05, 4.69) is 52.0 Å². The molecule has 0 unspecified atom stereocenters. The summed E-state index contributed by atoms with van der Waals surface area (Å²) in [5.41, 5.74) is 5.23. The van der Waals surface area contributed by atoms with E-state index in [1.807, 2.05) is 67.6 Å². The Balaban J connectivity index is 1.57. The molecule has 3 aromatic carbocycles. The lowest BCUT2D eigenvalue weighted by atomic mass is 10.2. The minimum Gasteiger partial charge on any atom is -0.503 e. The molecular weight excluding hydrogens is 498 g/mol. The molecule has 0 saturated carbocycles. The SMILES string of the molecule is CCOc1cc(/C=N\Nc2nc(Nc3ccccc3)nc(Nc3ccccc3)n2)cc(Br)c1O. The summed E-state index contributed by atoms with van der Waals surface area (Å²) in [4.78, 5) is 13.3. The molecule has 1 heterocycles. The molecule has 0 saturated heterocycles. The summed E-state index contributed by atoms with van der Waals surface area (Å²) in [5, 5.41) is 20.7. The summed E-state index contributed by atoms with van der Waals surface area (Å²) in [7, 11) is 0. The Morgan fingerprint density at radius 2 is 1.44 bits per heavy atom. The number of halogens is 1. The van der Waals surface area contributed by atoms with Crippen LogP contribution in [0, 0.1) is 0 Å². The Morgan fingerprint density at radius 1 is 0.882 bits per heavy atom. The van der Waals surface area contributed by atoms with E-state index in [1.54, 1.807) is 18.3 Å². The Hall–Kier alpha value is -4.18. The fraction of sp³-hybridized carbons (Fsp3) is 0.0833. The molecule has 0 bridgehead atoms. The molecule has 9 nitrogen and oxygen atoms in total. The third-order valence-electron chi connectivity index (χ3n) is 4.42. The number of rotatable bonds is 9. The minimum atomic E-state index is 0.0395. The number of phenolic OH excluding ortho intramolecular Hbond substituents is 1. The predicted molar refractivity (Wildman–Crippen MR) is 137 cm³/mol. The summed E-state index contributed by atoms with van der Waals surface area (Å²) in [5.74, 6) is 1.34. The Labute approximate surface area is 205 Å². The van der Waals surface area contributed by atoms with Crippen LogP contribution in [0.1, 0.15) is 12.5 Å². The maximum Gasteiger partial charge on any atom is 0.250 e. The number of phenols is 1. The number of anilines is 5. The quantitative estimate of drug-likeness (QED) is 0.165. The van der Waals surface area contributed by atoms with E-state index in [4.69, 9.17) is 4.74 Å². The van der Waals surface area contributed by atoms with Crippen LogP contribution in [0.3, 0.4) is 0 Å². The number of nitrogens with zero attached hydrogens (tertiary/aromatic N) is 4. The van der Waals surface area contributed by atoms with Crippen molar-refractivity contribution in [1.82, 2.24) is 15.0 Å². The van der Waals surface area contributed by atoms with Gasteiger partial charge in [0, 0.05) is 11.4 Å². The van der Waals surface area contributed by atoms with Crippen molar-refractivity contribution in [3.63, 3.8) is 0 Å². The van der Waals surface area contributed by atoms with Crippen LogP contribution < -0.4 is 20.8 Å². The summed E-state index contributed by atoms with van der Waals surface area (Å²) >= 11 is 3.32. The van der Waals surface area contributed by atoms with Gasteiger partial charge in [-0.05, 0) is 64.8 Å². The second-order valence-corrected chi connectivity index (χ2v) is 7.80. The molecule has 0 atom stereocenters. The van der Waals surface area contributed by atoms with Crippen molar-refractivity contribution in [2.24, 2.45) is 5.10 Å². The third-order valence-corrected chi connectivity index (χ3v) is 5.03. The Morgan fingerprint density at radius 3 is 2.00 bits per heavy atom. The van der Waals surface area contributed by atoms with Gasteiger partial charge in [0.2, 0.25) is 17.8 Å². The van der Waals surface area contributed by atoms with Crippen LogP contribution in [0.15, 0.2) is 82.4 Å². The van der Waals surface area contributed by atoms with Gasteiger partial charge >= 0.3 is 0 Å². The first-order chi connectivity index (χ1) is 16.6. The Kier molecular flexibility index (Phi) is 7.51. The van der Waals surface area contributed by atoms with Crippen molar-refractivity contribution in [1.29, 1.82) is 0 Å². The van der Waals surface area contributed by atoms with E-state index in [9.17, 15) is 5.11 Å². The van der Waals surface area contributed by atoms with Crippen LogP contribution in [-0.2, 0) is 0 Å². The average Bonchev–Trinajstić information content (AvgIpc) is 2.83. The van der Waals surface area contributed by atoms with Gasteiger partial charge in [0.05, 0.1) is 17.3 Å². The number of hydrogen-bond acceptors (Lipinski definition) is 9. The number of para-hydroxylation sites is 2. The average molecular weight is 520 g/mol. The number of benzene rings is 3. The lowest BCUT2D eigenvalue weighted by molar-refractivity contribution is 0.317. The number of nitrogens with one attached hydrogen (secondary N) is 3. The molecule has 0 aliphatic carbocycles. The summed E-state index contributed by atoms with van der Waals surface area (Å²) in [6.07, 6.45) is 1.57. The van der Waals surface area contributed by atoms with Gasteiger partial charge in [-0.25, -0.2) is 5.43 Å². The van der Waals surface area contributed by atoms with E-state index >= 15 is 0 Å². The molecule has 0 aliphatic heterocycles. The summed E-state index contributed by atoms with van der Waals surface area (Å²) < 4.78 is 5.96. The van der Waals surface area contributed by atoms with E-state index in [0.717, 1.165) is 11.4 Å². The molecule has 0 radical (unpaired) electrons. The van der Waals surface area contributed by atoms with Crippen LogP contribution >= 0.6 is 15.9 Å². The van der Waals surface area contributed by atoms with E-state index < -0.39 is 0 Å². The van der Waals surface area contributed by atoms with Crippen molar-refractivity contribution in [2.45, 2.75) is 6.92 Å². The summed E-state index contributed by atoms with van der Waals surface area (Å²) in [6, 6.07) is 22.6. The van der Waals surface area contributed by atoms with Gasteiger partial charge in [-0.15, -0.1) is 0 Å². The molecule has 34 heavy (non-hydrogen) atoms. The maximum absolute atomic E-state index is 10.1. The molecule has 10 heteroatoms. The highest BCUT2D eigenvalue weighted by molar-refractivity contribution is 9.10. The van der Waals surface area contributed by atoms with Crippen molar-refractivity contribution in [3.8, 4) is 11.5 Å². The van der Waals surface area contributed by atoms with Crippen molar-refractivity contribution in [2.75, 3.05) is 22.7 Å². The second kappa shape index (κ2) is 11.1. The molecule has 0 spiro atoms. The van der Waals surface area contributed by atoms with E-state index in [0.29, 0.717) is 34.3 Å². The van der Waals surface area contributed by atoms with Gasteiger partial charge in [-0.2, -0.15) is 20.1 Å². The monoisotopic (exact) mass is 519 g/mol. The molecule has 172 valence electrons. The standard InChI is InChI=1S/C24H22BrN7O2/c1-2-34-20-14-16(13-19(25)21(20)33)15-26-32-24-30-22(27-17-9-5-3-6-10-17)29-23(31-24)28-18-11-7-4-8-12-18/h3-15,33H,2H2,1H3,(H3,27,28,29,30,31,32)/b26-15-. The Bertz CT molecular complexity index is 1210. The number of aromatic nitrogens is 3. The van der Waals surface area contributed by atoms with Gasteiger partial charge in [-0.3, -0.25) is 0 Å². The highest BCUT2D eigenvalue weighted by Gasteiger charge is 2.09.